The lowest BCUT2D eigenvalue weighted by Gasteiger charge is -2.39. The lowest BCUT2D eigenvalue weighted by atomic mass is 9.92. The molecule has 0 spiro atoms. The van der Waals surface area contributed by atoms with Crippen LogP contribution < -0.4 is 5.32 Å². The van der Waals surface area contributed by atoms with Crippen LogP contribution in [0.2, 0.25) is 0 Å². The summed E-state index contributed by atoms with van der Waals surface area (Å²) in [4.78, 5) is 2.69. The summed E-state index contributed by atoms with van der Waals surface area (Å²) in [6, 6.07) is 0. The molecular formula is C17H32N2O. The highest BCUT2D eigenvalue weighted by molar-refractivity contribution is 5.03. The Hall–Kier alpha value is -0.120. The van der Waals surface area contributed by atoms with E-state index in [1.165, 1.54) is 51.6 Å². The molecule has 116 valence electrons. The van der Waals surface area contributed by atoms with Crippen LogP contribution in [0.1, 0.15) is 51.9 Å². The van der Waals surface area contributed by atoms with Crippen molar-refractivity contribution in [2.45, 2.75) is 57.4 Å². The number of nitrogens with zero attached hydrogens (tertiary/aromatic N) is 1. The Bertz CT molecular complexity index is 296. The monoisotopic (exact) mass is 280 g/mol. The van der Waals surface area contributed by atoms with Crippen molar-refractivity contribution >= 4 is 0 Å². The molecule has 1 unspecified atom stereocenters. The molecule has 3 aliphatic rings. The van der Waals surface area contributed by atoms with E-state index >= 15 is 0 Å². The molecule has 3 nitrogen and oxygen atoms in total. The topological polar surface area (TPSA) is 35.5 Å². The van der Waals surface area contributed by atoms with Crippen LogP contribution in [0, 0.1) is 17.8 Å². The maximum Gasteiger partial charge on any atom is 0.0628 e. The van der Waals surface area contributed by atoms with Gasteiger partial charge in [0, 0.05) is 19.6 Å². The smallest absolute Gasteiger partial charge is 0.0628 e. The van der Waals surface area contributed by atoms with Crippen LogP contribution in [-0.2, 0) is 0 Å². The van der Waals surface area contributed by atoms with Crippen LogP contribution in [-0.4, -0.2) is 48.3 Å². The van der Waals surface area contributed by atoms with Crippen LogP contribution in [0.4, 0.5) is 0 Å². The van der Waals surface area contributed by atoms with E-state index in [9.17, 15) is 5.11 Å². The Labute approximate surface area is 124 Å². The molecule has 0 amide bonds. The van der Waals surface area contributed by atoms with Gasteiger partial charge in [-0.25, -0.2) is 0 Å². The first-order valence-electron chi connectivity index (χ1n) is 8.84. The molecule has 3 heteroatoms. The highest BCUT2D eigenvalue weighted by Crippen LogP contribution is 2.41. The van der Waals surface area contributed by atoms with E-state index in [-0.39, 0.29) is 5.54 Å². The van der Waals surface area contributed by atoms with Gasteiger partial charge in [-0.05, 0) is 69.2 Å². The van der Waals surface area contributed by atoms with E-state index in [1.807, 2.05) is 0 Å². The molecule has 3 rings (SSSR count). The minimum absolute atomic E-state index is 0.0141. The average Bonchev–Trinajstić information content (AvgIpc) is 3.27. The molecular weight excluding hydrogens is 248 g/mol. The summed E-state index contributed by atoms with van der Waals surface area (Å²) in [6.45, 7) is 7.19. The third-order valence-corrected chi connectivity index (χ3v) is 5.30. The quantitative estimate of drug-likeness (QED) is 0.609. The van der Waals surface area contributed by atoms with Crippen molar-refractivity contribution in [3.63, 3.8) is 0 Å². The van der Waals surface area contributed by atoms with Crippen molar-refractivity contribution in [2.75, 3.05) is 32.8 Å². The molecule has 0 radical (unpaired) electrons. The molecule has 0 aliphatic heterocycles. The molecule has 0 heterocycles. The molecule has 0 aromatic rings. The number of hydrogen-bond donors (Lipinski definition) is 2. The van der Waals surface area contributed by atoms with Crippen LogP contribution in [0.15, 0.2) is 0 Å². The van der Waals surface area contributed by atoms with Gasteiger partial charge >= 0.3 is 0 Å². The Morgan fingerprint density at radius 2 is 1.65 bits per heavy atom. The van der Waals surface area contributed by atoms with Crippen molar-refractivity contribution in [3.8, 4) is 0 Å². The number of nitrogens with one attached hydrogen (secondary N) is 1. The summed E-state index contributed by atoms with van der Waals surface area (Å²) in [5, 5.41) is 13.8. The first kappa shape index (κ1) is 14.8. The van der Waals surface area contributed by atoms with Gasteiger partial charge in [0.05, 0.1) is 12.1 Å². The summed E-state index contributed by atoms with van der Waals surface area (Å²) in [5.41, 5.74) is -0.0141. The average molecular weight is 280 g/mol. The summed E-state index contributed by atoms with van der Waals surface area (Å²) in [6.07, 6.45) is 9.48. The normalized spacial score (nSPS) is 25.9. The van der Waals surface area contributed by atoms with Gasteiger partial charge in [0.1, 0.15) is 0 Å². The number of aliphatic hydroxyl groups is 1. The Balaban J connectivity index is 1.60. The Kier molecular flexibility index (Phi) is 4.68. The molecule has 2 N–H and O–H groups in total. The van der Waals surface area contributed by atoms with Gasteiger partial charge in [0.15, 0.2) is 0 Å². The number of aliphatic hydroxyl groups excluding tert-OH is 1. The molecule has 3 fully saturated rings. The summed E-state index contributed by atoms with van der Waals surface area (Å²) in [5.74, 6) is 2.62. The van der Waals surface area contributed by atoms with Crippen molar-refractivity contribution in [2.24, 2.45) is 17.8 Å². The van der Waals surface area contributed by atoms with Gasteiger partial charge in [-0.3, -0.25) is 0 Å². The summed E-state index contributed by atoms with van der Waals surface area (Å²) in [7, 11) is 0. The van der Waals surface area contributed by atoms with Crippen LogP contribution >= 0.6 is 0 Å². The third-order valence-electron chi connectivity index (χ3n) is 5.30. The highest BCUT2D eigenvalue weighted by atomic mass is 16.3. The maximum absolute atomic E-state index is 10.1. The fourth-order valence-electron chi connectivity index (χ4n) is 3.51. The van der Waals surface area contributed by atoms with E-state index in [4.69, 9.17) is 0 Å². The van der Waals surface area contributed by atoms with Crippen LogP contribution in [0.3, 0.4) is 0 Å². The molecule has 0 aromatic heterocycles. The fourth-order valence-corrected chi connectivity index (χ4v) is 3.51. The maximum atomic E-state index is 10.1. The molecule has 1 atom stereocenters. The molecule has 3 saturated carbocycles. The van der Waals surface area contributed by atoms with E-state index < -0.39 is 0 Å². The Morgan fingerprint density at radius 1 is 1.05 bits per heavy atom. The van der Waals surface area contributed by atoms with E-state index in [0.717, 1.165) is 31.3 Å². The molecule has 0 bridgehead atoms. The van der Waals surface area contributed by atoms with Gasteiger partial charge in [0.2, 0.25) is 0 Å². The second-order valence-electron chi connectivity index (χ2n) is 7.60. The van der Waals surface area contributed by atoms with Gasteiger partial charge in [-0.15, -0.1) is 0 Å². The van der Waals surface area contributed by atoms with E-state index in [0.29, 0.717) is 12.5 Å². The number of hydrogen-bond acceptors (Lipinski definition) is 3. The predicted molar refractivity (Wildman–Crippen MR) is 82.7 cm³/mol. The standard InChI is InChI=1S/C17H32N2O/c1-2-9-18-17(13-20,16-7-8-16)12-19(10-14-3-4-14)11-15-5-6-15/h14-16,18,20H,2-13H2,1H3. The third kappa shape index (κ3) is 3.96. The minimum atomic E-state index is -0.0141. The SMILES string of the molecule is CCCNC(CO)(CN(CC1CC1)CC1CC1)C1CC1. The molecule has 20 heavy (non-hydrogen) atoms. The van der Waals surface area contributed by atoms with Crippen molar-refractivity contribution in [1.29, 1.82) is 0 Å². The lowest BCUT2D eigenvalue weighted by molar-refractivity contribution is 0.0860. The number of rotatable bonds is 11. The van der Waals surface area contributed by atoms with E-state index in [2.05, 4.69) is 17.1 Å². The summed E-state index contributed by atoms with van der Waals surface area (Å²) >= 11 is 0. The lowest BCUT2D eigenvalue weighted by Crippen LogP contribution is -2.58. The molecule has 3 aliphatic carbocycles. The van der Waals surface area contributed by atoms with Gasteiger partial charge in [-0.2, -0.15) is 0 Å². The molecule has 0 aromatic carbocycles. The zero-order valence-corrected chi connectivity index (χ0v) is 13.1. The van der Waals surface area contributed by atoms with Gasteiger partial charge in [0.25, 0.3) is 0 Å². The zero-order valence-electron chi connectivity index (χ0n) is 13.1. The van der Waals surface area contributed by atoms with Crippen LogP contribution in [0.25, 0.3) is 0 Å². The first-order chi connectivity index (χ1) is 9.75. The summed E-state index contributed by atoms with van der Waals surface area (Å²) < 4.78 is 0. The van der Waals surface area contributed by atoms with Gasteiger partial charge in [-0.1, -0.05) is 6.92 Å². The Morgan fingerprint density at radius 3 is 2.05 bits per heavy atom. The fraction of sp³-hybridized carbons (Fsp3) is 1.00. The largest absolute Gasteiger partial charge is 0.394 e. The minimum Gasteiger partial charge on any atom is -0.394 e. The second kappa shape index (κ2) is 6.33. The predicted octanol–water partition coefficient (Wildman–Crippen LogP) is 2.25. The van der Waals surface area contributed by atoms with Crippen molar-refractivity contribution in [1.82, 2.24) is 10.2 Å². The van der Waals surface area contributed by atoms with Crippen LogP contribution in [0.5, 0.6) is 0 Å². The first-order valence-corrected chi connectivity index (χ1v) is 8.84. The van der Waals surface area contributed by atoms with Crippen molar-refractivity contribution < 1.29 is 5.11 Å². The van der Waals surface area contributed by atoms with Gasteiger partial charge < -0.3 is 15.3 Å². The van der Waals surface area contributed by atoms with E-state index in [1.54, 1.807) is 0 Å². The van der Waals surface area contributed by atoms with Crippen molar-refractivity contribution in [3.05, 3.63) is 0 Å². The second-order valence-corrected chi connectivity index (χ2v) is 7.60. The molecule has 0 saturated heterocycles. The highest BCUT2D eigenvalue weighted by Gasteiger charge is 2.46. The zero-order chi connectivity index (χ0) is 14.0.